The summed E-state index contributed by atoms with van der Waals surface area (Å²) < 4.78 is 0. The van der Waals surface area contributed by atoms with Crippen LogP contribution in [0.3, 0.4) is 0 Å². The Morgan fingerprint density at radius 3 is 2.64 bits per heavy atom. The second-order valence-corrected chi connectivity index (χ2v) is 3.99. The third-order valence-corrected chi connectivity index (χ3v) is 1.99. The second kappa shape index (κ2) is 3.80. The summed E-state index contributed by atoms with van der Waals surface area (Å²) in [6.45, 7) is 3.36. The van der Waals surface area contributed by atoms with Crippen molar-refractivity contribution in [2.75, 3.05) is 0 Å². The molecular formula is C11H15NO2. The van der Waals surface area contributed by atoms with Gasteiger partial charge >= 0.3 is 0 Å². The first-order valence-electron chi connectivity index (χ1n) is 4.49. The van der Waals surface area contributed by atoms with Gasteiger partial charge in [-0.3, -0.25) is 4.79 Å². The normalized spacial score (nSPS) is 11.4. The molecule has 0 heterocycles. The van der Waals surface area contributed by atoms with Crippen molar-refractivity contribution in [3.63, 3.8) is 0 Å². The molecule has 1 rings (SSSR count). The second-order valence-electron chi connectivity index (χ2n) is 3.99. The average molecular weight is 193 g/mol. The largest absolute Gasteiger partial charge is 0.508 e. The molecule has 0 aromatic heterocycles. The third kappa shape index (κ3) is 2.85. The van der Waals surface area contributed by atoms with Crippen molar-refractivity contribution in [3.05, 3.63) is 29.8 Å². The van der Waals surface area contributed by atoms with Gasteiger partial charge in [-0.1, -0.05) is 12.1 Å². The number of aromatic hydroxyl groups is 1. The van der Waals surface area contributed by atoms with Crippen molar-refractivity contribution >= 4 is 5.78 Å². The molecule has 0 aliphatic carbocycles. The van der Waals surface area contributed by atoms with Crippen molar-refractivity contribution in [2.24, 2.45) is 5.73 Å². The molecule has 0 saturated heterocycles. The van der Waals surface area contributed by atoms with Crippen LogP contribution in [0.15, 0.2) is 24.3 Å². The van der Waals surface area contributed by atoms with Gasteiger partial charge in [-0.05, 0) is 31.5 Å². The van der Waals surface area contributed by atoms with E-state index in [2.05, 4.69) is 0 Å². The summed E-state index contributed by atoms with van der Waals surface area (Å²) in [6, 6.07) is 6.65. The Hall–Kier alpha value is -1.35. The minimum Gasteiger partial charge on any atom is -0.508 e. The van der Waals surface area contributed by atoms with Gasteiger partial charge in [0, 0.05) is 6.42 Å². The van der Waals surface area contributed by atoms with Gasteiger partial charge in [0.2, 0.25) is 0 Å². The van der Waals surface area contributed by atoms with Gasteiger partial charge in [0.25, 0.3) is 0 Å². The third-order valence-electron chi connectivity index (χ3n) is 1.99. The smallest absolute Gasteiger partial charge is 0.156 e. The van der Waals surface area contributed by atoms with E-state index in [1.807, 2.05) is 0 Å². The minimum absolute atomic E-state index is 0.0388. The Bertz CT molecular complexity index is 339. The summed E-state index contributed by atoms with van der Waals surface area (Å²) >= 11 is 0. The molecule has 0 aliphatic rings. The van der Waals surface area contributed by atoms with Gasteiger partial charge in [0.1, 0.15) is 5.75 Å². The van der Waals surface area contributed by atoms with E-state index in [-0.39, 0.29) is 18.0 Å². The van der Waals surface area contributed by atoms with Crippen LogP contribution in [0.1, 0.15) is 19.4 Å². The molecule has 0 atom stereocenters. The summed E-state index contributed by atoms with van der Waals surface area (Å²) in [4.78, 5) is 11.5. The quantitative estimate of drug-likeness (QED) is 0.759. The number of Topliss-reactive ketones (excluding diaryl/α,β-unsaturated/α-hetero) is 1. The first-order chi connectivity index (χ1) is 6.39. The van der Waals surface area contributed by atoms with Crippen LogP contribution in [0.5, 0.6) is 5.75 Å². The Morgan fingerprint density at radius 2 is 2.14 bits per heavy atom. The molecule has 14 heavy (non-hydrogen) atoms. The average Bonchev–Trinajstić information content (AvgIpc) is 2.02. The van der Waals surface area contributed by atoms with E-state index in [4.69, 9.17) is 5.73 Å². The molecule has 0 bridgehead atoms. The summed E-state index contributed by atoms with van der Waals surface area (Å²) in [5.41, 5.74) is 5.62. The molecule has 3 nitrogen and oxygen atoms in total. The van der Waals surface area contributed by atoms with Crippen LogP contribution in [-0.4, -0.2) is 16.4 Å². The standard InChI is InChI=1S/C11H15NO2/c1-11(2,12)10(14)7-8-4-3-5-9(13)6-8/h3-6,13H,7,12H2,1-2H3. The van der Waals surface area contributed by atoms with E-state index in [1.165, 1.54) is 0 Å². The first kappa shape index (κ1) is 10.7. The number of carbonyl (C=O) groups excluding carboxylic acids is 1. The lowest BCUT2D eigenvalue weighted by Gasteiger charge is -2.16. The number of nitrogens with two attached hydrogens (primary N) is 1. The highest BCUT2D eigenvalue weighted by atomic mass is 16.3. The van der Waals surface area contributed by atoms with Gasteiger partial charge in [0.15, 0.2) is 5.78 Å². The zero-order chi connectivity index (χ0) is 10.8. The van der Waals surface area contributed by atoms with Crippen molar-refractivity contribution in [1.29, 1.82) is 0 Å². The monoisotopic (exact) mass is 193 g/mol. The highest BCUT2D eigenvalue weighted by Crippen LogP contribution is 2.13. The van der Waals surface area contributed by atoms with Crippen LogP contribution >= 0.6 is 0 Å². The molecule has 1 aromatic rings. The number of carbonyl (C=O) groups is 1. The van der Waals surface area contributed by atoms with Crippen LogP contribution in [0.2, 0.25) is 0 Å². The fraction of sp³-hybridized carbons (Fsp3) is 0.364. The lowest BCUT2D eigenvalue weighted by Crippen LogP contribution is -2.42. The fourth-order valence-corrected chi connectivity index (χ4v) is 1.08. The molecule has 1 aromatic carbocycles. The molecule has 0 spiro atoms. The molecule has 0 saturated carbocycles. The topological polar surface area (TPSA) is 63.3 Å². The van der Waals surface area contributed by atoms with Gasteiger partial charge in [-0.25, -0.2) is 0 Å². The van der Waals surface area contributed by atoms with Crippen molar-refractivity contribution in [3.8, 4) is 5.75 Å². The number of phenols is 1. The van der Waals surface area contributed by atoms with Crippen molar-refractivity contribution in [1.82, 2.24) is 0 Å². The van der Waals surface area contributed by atoms with Crippen LogP contribution in [0.25, 0.3) is 0 Å². The molecule has 0 radical (unpaired) electrons. The number of rotatable bonds is 3. The molecule has 0 amide bonds. The Kier molecular flexibility index (Phi) is 2.91. The molecular weight excluding hydrogens is 178 g/mol. The molecule has 3 heteroatoms. The van der Waals surface area contributed by atoms with E-state index in [9.17, 15) is 9.90 Å². The maximum atomic E-state index is 11.5. The first-order valence-corrected chi connectivity index (χ1v) is 4.49. The zero-order valence-corrected chi connectivity index (χ0v) is 8.45. The highest BCUT2D eigenvalue weighted by Gasteiger charge is 2.21. The number of ketones is 1. The molecule has 76 valence electrons. The van der Waals surface area contributed by atoms with E-state index >= 15 is 0 Å². The predicted molar refractivity (Wildman–Crippen MR) is 55.1 cm³/mol. The number of phenolic OH excluding ortho intramolecular Hbond substituents is 1. The van der Waals surface area contributed by atoms with Gasteiger partial charge in [-0.2, -0.15) is 0 Å². The molecule has 0 unspecified atom stereocenters. The van der Waals surface area contributed by atoms with Crippen molar-refractivity contribution in [2.45, 2.75) is 25.8 Å². The highest BCUT2D eigenvalue weighted by molar-refractivity contribution is 5.89. The molecule has 3 N–H and O–H groups in total. The van der Waals surface area contributed by atoms with E-state index < -0.39 is 5.54 Å². The number of benzene rings is 1. The summed E-state index contributed by atoms with van der Waals surface area (Å²) in [5.74, 6) is 0.133. The lowest BCUT2D eigenvalue weighted by atomic mass is 9.95. The predicted octanol–water partition coefficient (Wildman–Crippen LogP) is 1.24. The number of hydrogen-bond donors (Lipinski definition) is 2. The molecule has 0 fully saturated rings. The van der Waals surface area contributed by atoms with Crippen molar-refractivity contribution < 1.29 is 9.90 Å². The maximum absolute atomic E-state index is 11.5. The SMILES string of the molecule is CC(C)(N)C(=O)Cc1cccc(O)c1. The minimum atomic E-state index is -0.814. The van der Waals surface area contributed by atoms with Crippen LogP contribution in [-0.2, 0) is 11.2 Å². The summed E-state index contributed by atoms with van der Waals surface area (Å²) in [5, 5.41) is 9.19. The maximum Gasteiger partial charge on any atom is 0.156 e. The van der Waals surface area contributed by atoms with Crippen LogP contribution < -0.4 is 5.73 Å². The Balaban J connectivity index is 2.75. The van der Waals surface area contributed by atoms with Gasteiger partial charge < -0.3 is 10.8 Å². The lowest BCUT2D eigenvalue weighted by molar-refractivity contribution is -0.122. The van der Waals surface area contributed by atoms with Gasteiger partial charge in [-0.15, -0.1) is 0 Å². The van der Waals surface area contributed by atoms with Crippen LogP contribution in [0, 0.1) is 0 Å². The van der Waals surface area contributed by atoms with E-state index in [0.29, 0.717) is 0 Å². The fourth-order valence-electron chi connectivity index (χ4n) is 1.08. The summed E-state index contributed by atoms with van der Waals surface area (Å²) in [7, 11) is 0. The number of hydrogen-bond acceptors (Lipinski definition) is 3. The zero-order valence-electron chi connectivity index (χ0n) is 8.45. The van der Waals surface area contributed by atoms with Crippen LogP contribution in [0.4, 0.5) is 0 Å². The summed E-state index contributed by atoms with van der Waals surface area (Å²) in [6.07, 6.45) is 0.262. The van der Waals surface area contributed by atoms with E-state index in [1.54, 1.807) is 38.1 Å². The Labute approximate surface area is 83.6 Å². The Morgan fingerprint density at radius 1 is 1.50 bits per heavy atom. The van der Waals surface area contributed by atoms with E-state index in [0.717, 1.165) is 5.56 Å². The molecule has 0 aliphatic heterocycles. The van der Waals surface area contributed by atoms with Gasteiger partial charge in [0.05, 0.1) is 5.54 Å².